The highest BCUT2D eigenvalue weighted by atomic mass is 19.4. The van der Waals surface area contributed by atoms with Crippen LogP contribution < -0.4 is 15.0 Å². The van der Waals surface area contributed by atoms with Gasteiger partial charge in [-0.1, -0.05) is 63.2 Å². The van der Waals surface area contributed by atoms with E-state index in [2.05, 4.69) is 10.3 Å². The van der Waals surface area contributed by atoms with Crippen LogP contribution in [0.3, 0.4) is 0 Å². The number of alkyl halides is 3. The van der Waals surface area contributed by atoms with E-state index in [9.17, 15) is 27.9 Å². The van der Waals surface area contributed by atoms with Crippen molar-refractivity contribution in [3.63, 3.8) is 0 Å². The van der Waals surface area contributed by atoms with Crippen molar-refractivity contribution in [3.05, 3.63) is 89.1 Å². The zero-order valence-electron chi connectivity index (χ0n) is 27.0. The monoisotopic (exact) mass is 642 g/mol. The number of halogens is 3. The number of methoxy groups -OCH3 is 2. The molecule has 0 bridgehead atoms. The van der Waals surface area contributed by atoms with Gasteiger partial charge in [-0.25, -0.2) is 9.78 Å². The van der Waals surface area contributed by atoms with E-state index in [0.29, 0.717) is 22.5 Å². The Balaban J connectivity index is 1.91. The summed E-state index contributed by atoms with van der Waals surface area (Å²) in [5.74, 6) is -1.82. The molecule has 248 valence electrons. The molecule has 1 fully saturated rings. The van der Waals surface area contributed by atoms with Gasteiger partial charge in [-0.2, -0.15) is 13.2 Å². The molecule has 4 rings (SSSR count). The molecule has 5 atom stereocenters. The number of rotatable bonds is 10. The summed E-state index contributed by atoms with van der Waals surface area (Å²) < 4.78 is 51.4. The molecule has 1 saturated heterocycles. The van der Waals surface area contributed by atoms with Crippen LogP contribution in [0.25, 0.3) is 0 Å². The van der Waals surface area contributed by atoms with Crippen LogP contribution in [0.15, 0.2) is 66.9 Å². The lowest BCUT2D eigenvalue weighted by molar-refractivity contribution is -0.157. The molecule has 9 nitrogen and oxygen atoms in total. The molecule has 0 unspecified atom stereocenters. The number of carbonyl (C=O) groups is 2. The highest BCUT2D eigenvalue weighted by Crippen LogP contribution is 2.50. The molecule has 1 aromatic heterocycles. The Hall–Kier alpha value is -4.16. The summed E-state index contributed by atoms with van der Waals surface area (Å²) in [6.45, 7) is 5.76. The van der Waals surface area contributed by atoms with Crippen molar-refractivity contribution in [2.45, 2.75) is 57.7 Å². The van der Waals surface area contributed by atoms with E-state index in [0.717, 1.165) is 12.1 Å². The maximum absolute atomic E-state index is 14.6. The number of aliphatic carboxylic acids is 1. The average molecular weight is 643 g/mol. The Kier molecular flexibility index (Phi) is 10.3. The van der Waals surface area contributed by atoms with E-state index >= 15 is 0 Å². The molecule has 0 aliphatic carbocycles. The zero-order chi connectivity index (χ0) is 34.0. The van der Waals surface area contributed by atoms with Crippen LogP contribution in [-0.2, 0) is 27.0 Å². The molecular formula is C34H41F3N4O5. The highest BCUT2D eigenvalue weighted by molar-refractivity contribution is 5.89. The number of carboxylic acid groups (broad SMARTS) is 1. The summed E-state index contributed by atoms with van der Waals surface area (Å²) >= 11 is 0. The van der Waals surface area contributed by atoms with Gasteiger partial charge in [-0.3, -0.25) is 4.79 Å². The number of amides is 1. The fourth-order valence-corrected chi connectivity index (χ4v) is 6.50. The van der Waals surface area contributed by atoms with E-state index in [4.69, 9.17) is 9.47 Å². The first kappa shape index (κ1) is 34.7. The SMILES string of the molecule is COc1cc(C(F)(F)F)ccc1CN[C@H]1[C@H](C(C)(C)C)[C@@H](C(=O)O)N(C(=O)[C@H](OC)c2ccccc2)[C@H]1c1cccnc1N(C)C. The number of anilines is 1. The number of aromatic nitrogens is 1. The average Bonchev–Trinajstić information content (AvgIpc) is 3.36. The number of hydrogen-bond donors (Lipinski definition) is 2. The van der Waals surface area contributed by atoms with Gasteiger partial charge >= 0.3 is 12.1 Å². The quantitative estimate of drug-likeness (QED) is 0.290. The third-order valence-electron chi connectivity index (χ3n) is 8.44. The Morgan fingerprint density at radius 1 is 1.04 bits per heavy atom. The summed E-state index contributed by atoms with van der Waals surface area (Å²) in [4.78, 5) is 35.6. The Morgan fingerprint density at radius 2 is 1.72 bits per heavy atom. The van der Waals surface area contributed by atoms with E-state index in [-0.39, 0.29) is 12.3 Å². The lowest BCUT2D eigenvalue weighted by Crippen LogP contribution is -2.49. The number of carboxylic acids is 1. The first-order chi connectivity index (χ1) is 21.6. The van der Waals surface area contributed by atoms with Crippen molar-refractivity contribution in [3.8, 4) is 5.75 Å². The molecule has 2 heterocycles. The van der Waals surface area contributed by atoms with Crippen LogP contribution in [-0.4, -0.2) is 67.3 Å². The molecule has 3 aromatic rings. The van der Waals surface area contributed by atoms with E-state index in [1.54, 1.807) is 55.5 Å². The van der Waals surface area contributed by atoms with Gasteiger partial charge < -0.3 is 29.7 Å². The summed E-state index contributed by atoms with van der Waals surface area (Å²) in [5.41, 5.74) is 0.110. The second kappa shape index (κ2) is 13.7. The molecule has 46 heavy (non-hydrogen) atoms. The van der Waals surface area contributed by atoms with E-state index in [1.165, 1.54) is 25.2 Å². The maximum atomic E-state index is 14.6. The predicted molar refractivity (Wildman–Crippen MR) is 167 cm³/mol. The molecule has 1 amide bonds. The van der Waals surface area contributed by atoms with Crippen molar-refractivity contribution < 1.29 is 37.3 Å². The van der Waals surface area contributed by atoms with Crippen LogP contribution in [0.5, 0.6) is 5.75 Å². The molecule has 0 saturated carbocycles. The van der Waals surface area contributed by atoms with Crippen molar-refractivity contribution in [1.29, 1.82) is 0 Å². The van der Waals surface area contributed by atoms with Crippen molar-refractivity contribution >= 4 is 17.7 Å². The third-order valence-corrected chi connectivity index (χ3v) is 8.44. The van der Waals surface area contributed by atoms with Gasteiger partial charge in [0.15, 0.2) is 6.10 Å². The predicted octanol–water partition coefficient (Wildman–Crippen LogP) is 5.72. The zero-order valence-corrected chi connectivity index (χ0v) is 27.0. The minimum atomic E-state index is -4.55. The Labute approximate surface area is 267 Å². The molecule has 2 aromatic carbocycles. The maximum Gasteiger partial charge on any atom is 0.416 e. The van der Waals surface area contributed by atoms with Crippen LogP contribution in [0, 0.1) is 11.3 Å². The summed E-state index contributed by atoms with van der Waals surface area (Å²) in [6, 6.07) is 12.8. The molecule has 1 aliphatic rings. The second-order valence-corrected chi connectivity index (χ2v) is 12.6. The number of nitrogens with zero attached hydrogens (tertiary/aromatic N) is 3. The smallest absolute Gasteiger partial charge is 0.416 e. The number of ether oxygens (including phenoxy) is 2. The molecule has 2 N–H and O–H groups in total. The van der Waals surface area contributed by atoms with Crippen LogP contribution in [0.4, 0.5) is 19.0 Å². The second-order valence-electron chi connectivity index (χ2n) is 12.6. The number of carbonyl (C=O) groups excluding carboxylic acids is 1. The lowest BCUT2D eigenvalue weighted by Gasteiger charge is -2.35. The summed E-state index contributed by atoms with van der Waals surface area (Å²) in [6.07, 6.45) is -4.03. The van der Waals surface area contributed by atoms with Gasteiger partial charge in [-0.05, 0) is 29.2 Å². The van der Waals surface area contributed by atoms with Crippen LogP contribution >= 0.6 is 0 Å². The Bertz CT molecular complexity index is 1530. The minimum absolute atomic E-state index is 0.0331. The number of hydrogen-bond acceptors (Lipinski definition) is 7. The van der Waals surface area contributed by atoms with Crippen LogP contribution in [0.2, 0.25) is 0 Å². The van der Waals surface area contributed by atoms with Gasteiger partial charge in [0.2, 0.25) is 0 Å². The molecule has 12 heteroatoms. The number of likely N-dealkylation sites (tertiary alicyclic amines) is 1. The first-order valence-electron chi connectivity index (χ1n) is 14.8. The van der Waals surface area contributed by atoms with Crippen molar-refractivity contribution in [2.24, 2.45) is 11.3 Å². The largest absolute Gasteiger partial charge is 0.496 e. The topological polar surface area (TPSA) is 104 Å². The van der Waals surface area contributed by atoms with E-state index < -0.39 is 59.2 Å². The van der Waals surface area contributed by atoms with E-state index in [1.807, 2.05) is 32.9 Å². The number of benzene rings is 2. The van der Waals surface area contributed by atoms with Gasteiger partial charge in [0, 0.05) is 57.0 Å². The third kappa shape index (κ3) is 6.97. The van der Waals surface area contributed by atoms with Crippen LogP contribution in [0.1, 0.15) is 55.2 Å². The molecular weight excluding hydrogens is 601 g/mol. The van der Waals surface area contributed by atoms with Gasteiger partial charge in [0.25, 0.3) is 5.91 Å². The fraction of sp³-hybridized carbons (Fsp3) is 0.441. The minimum Gasteiger partial charge on any atom is -0.496 e. The fourth-order valence-electron chi connectivity index (χ4n) is 6.50. The van der Waals surface area contributed by atoms with Crippen molar-refractivity contribution in [1.82, 2.24) is 15.2 Å². The van der Waals surface area contributed by atoms with Gasteiger partial charge in [0.05, 0.1) is 18.7 Å². The first-order valence-corrected chi connectivity index (χ1v) is 14.8. The standard InChI is InChI=1S/C34H41F3N4O5/c1-33(2,3)25-26(39-19-21-15-16-22(34(35,36)37)18-24(21)45-6)27(23-14-11-17-38-30(23)40(4)5)41(28(25)32(43)44)31(42)29(46-7)20-12-9-8-10-13-20/h8-18,25-29,39H,19H2,1-7H3,(H,43,44)/t25-,26-,27-,28-,29+/m0/s1. The van der Waals surface area contributed by atoms with Gasteiger partial charge in [0.1, 0.15) is 17.6 Å². The Morgan fingerprint density at radius 3 is 2.26 bits per heavy atom. The lowest BCUT2D eigenvalue weighted by atomic mass is 9.72. The number of nitrogens with one attached hydrogen (secondary N) is 1. The summed E-state index contributed by atoms with van der Waals surface area (Å²) in [7, 11) is 6.31. The molecule has 0 radical (unpaired) electrons. The normalized spacial score (nSPS) is 20.8. The van der Waals surface area contributed by atoms with Crippen molar-refractivity contribution in [2.75, 3.05) is 33.2 Å². The summed E-state index contributed by atoms with van der Waals surface area (Å²) in [5, 5.41) is 14.3. The number of pyridine rings is 1. The highest BCUT2D eigenvalue weighted by Gasteiger charge is 2.59. The van der Waals surface area contributed by atoms with Gasteiger partial charge in [-0.15, -0.1) is 0 Å². The molecule has 1 aliphatic heterocycles. The molecule has 0 spiro atoms.